The number of anilines is 2. The van der Waals surface area contributed by atoms with Gasteiger partial charge < -0.3 is 24.4 Å². The zero-order chi connectivity index (χ0) is 30.2. The smallest absolute Gasteiger partial charge is 0.381 e. The Kier molecular flexibility index (Phi) is 8.08. The molecule has 1 aliphatic heterocycles. The van der Waals surface area contributed by atoms with Crippen LogP contribution in [0.25, 0.3) is 11.4 Å². The third-order valence-electron chi connectivity index (χ3n) is 7.80. The van der Waals surface area contributed by atoms with Gasteiger partial charge in [0, 0.05) is 51.6 Å². The summed E-state index contributed by atoms with van der Waals surface area (Å²) < 4.78 is 47.1. The number of allylic oxidation sites excluding steroid dienone is 1. The normalized spacial score (nSPS) is 17.9. The summed E-state index contributed by atoms with van der Waals surface area (Å²) in [6.45, 7) is 4.68. The summed E-state index contributed by atoms with van der Waals surface area (Å²) in [5.74, 6) is 0.00383. The molecule has 1 aromatic carbocycles. The number of carbonyl (C=O) groups is 2. The summed E-state index contributed by atoms with van der Waals surface area (Å²) in [6.07, 6.45) is -0.266. The fourth-order valence-electron chi connectivity index (χ4n) is 5.40. The van der Waals surface area contributed by atoms with Crippen molar-refractivity contribution in [2.75, 3.05) is 43.5 Å². The maximum absolute atomic E-state index is 13.8. The SMILES string of the molecule is COC1CC=C(c2nc3n(CC(=O)Nc4ccc(C(F)(F)F)cc4)c(C)c(N4CCN(C(C)=O)CC4)c(=O)n3n2)CC1. The number of fused-ring (bicyclic) bond motifs is 1. The molecule has 224 valence electrons. The number of nitrogens with one attached hydrogen (secondary N) is 1. The van der Waals surface area contributed by atoms with Gasteiger partial charge in [0.2, 0.25) is 17.6 Å². The lowest BCUT2D eigenvalue weighted by Gasteiger charge is -2.36. The van der Waals surface area contributed by atoms with Crippen LogP contribution < -0.4 is 15.8 Å². The first-order valence-electron chi connectivity index (χ1n) is 13.7. The van der Waals surface area contributed by atoms with Crippen molar-refractivity contribution in [2.24, 2.45) is 0 Å². The lowest BCUT2D eigenvalue weighted by Crippen LogP contribution is -2.50. The van der Waals surface area contributed by atoms with Gasteiger partial charge in [-0.05, 0) is 56.0 Å². The van der Waals surface area contributed by atoms with Crippen LogP contribution in [0.5, 0.6) is 0 Å². The molecule has 5 rings (SSSR count). The van der Waals surface area contributed by atoms with E-state index in [1.54, 1.807) is 23.5 Å². The highest BCUT2D eigenvalue weighted by molar-refractivity contribution is 5.91. The molecule has 0 saturated carbocycles. The Morgan fingerprint density at radius 1 is 1.12 bits per heavy atom. The molecule has 0 radical (unpaired) electrons. The quantitative estimate of drug-likeness (QED) is 0.472. The van der Waals surface area contributed by atoms with Crippen LogP contribution in [0, 0.1) is 6.92 Å². The molecule has 2 aliphatic rings. The lowest BCUT2D eigenvalue weighted by molar-refractivity contribution is -0.137. The van der Waals surface area contributed by atoms with Crippen molar-refractivity contribution in [2.45, 2.75) is 51.9 Å². The molecule has 42 heavy (non-hydrogen) atoms. The number of hydrogen-bond acceptors (Lipinski definition) is 7. The summed E-state index contributed by atoms with van der Waals surface area (Å²) in [4.78, 5) is 47.0. The van der Waals surface area contributed by atoms with E-state index in [4.69, 9.17) is 4.74 Å². The molecular formula is C28H32F3N7O4. The molecule has 1 unspecified atom stereocenters. The number of alkyl halides is 3. The molecule has 2 aromatic heterocycles. The number of methoxy groups -OCH3 is 1. The van der Waals surface area contributed by atoms with E-state index in [-0.39, 0.29) is 35.6 Å². The van der Waals surface area contributed by atoms with Crippen molar-refractivity contribution < 1.29 is 27.5 Å². The molecule has 0 spiro atoms. The lowest BCUT2D eigenvalue weighted by atomic mass is 9.97. The molecule has 1 saturated heterocycles. The van der Waals surface area contributed by atoms with Crippen molar-refractivity contribution in [3.05, 3.63) is 57.8 Å². The largest absolute Gasteiger partial charge is 0.416 e. The van der Waals surface area contributed by atoms with E-state index < -0.39 is 17.6 Å². The van der Waals surface area contributed by atoms with Crippen LogP contribution in [0.2, 0.25) is 0 Å². The van der Waals surface area contributed by atoms with Gasteiger partial charge in [-0.25, -0.2) is 0 Å². The molecule has 0 bridgehead atoms. The number of hydrogen-bond donors (Lipinski definition) is 1. The minimum absolute atomic E-state index is 0.0449. The first kappa shape index (κ1) is 29.3. The van der Waals surface area contributed by atoms with E-state index in [2.05, 4.69) is 15.4 Å². The summed E-state index contributed by atoms with van der Waals surface area (Å²) in [6, 6.07) is 4.17. The summed E-state index contributed by atoms with van der Waals surface area (Å²) in [7, 11) is 1.66. The molecular weight excluding hydrogens is 555 g/mol. The number of aromatic nitrogens is 4. The monoisotopic (exact) mass is 587 g/mol. The number of ether oxygens (including phenoxy) is 1. The van der Waals surface area contributed by atoms with E-state index in [0.717, 1.165) is 24.1 Å². The van der Waals surface area contributed by atoms with Crippen LogP contribution >= 0.6 is 0 Å². The maximum atomic E-state index is 13.8. The minimum Gasteiger partial charge on any atom is -0.381 e. The van der Waals surface area contributed by atoms with Crippen molar-refractivity contribution in [3.63, 3.8) is 0 Å². The zero-order valence-corrected chi connectivity index (χ0v) is 23.6. The van der Waals surface area contributed by atoms with Crippen LogP contribution in [0.1, 0.15) is 43.3 Å². The average Bonchev–Trinajstić information content (AvgIpc) is 3.41. The summed E-state index contributed by atoms with van der Waals surface area (Å²) >= 11 is 0. The standard InChI is InChI=1S/C28H32F3N7O4/c1-17-24(36-14-12-35(13-15-36)18(2)39)26(41)38-27(33-25(34-38)19-4-10-22(42-3)11-5-19)37(17)16-23(40)32-21-8-6-20(7-9-21)28(29,30)31/h4,6-9,22H,5,10-16H2,1-3H3,(H,32,40). The molecule has 1 atom stereocenters. The van der Waals surface area contributed by atoms with Gasteiger partial charge in [0.25, 0.3) is 5.56 Å². The Balaban J connectivity index is 1.51. The van der Waals surface area contributed by atoms with Gasteiger partial charge >= 0.3 is 6.18 Å². The Hall–Kier alpha value is -4.20. The van der Waals surface area contributed by atoms with Crippen LogP contribution in [0.4, 0.5) is 24.5 Å². The molecule has 3 heterocycles. The van der Waals surface area contributed by atoms with E-state index >= 15 is 0 Å². The number of nitrogens with zero attached hydrogens (tertiary/aromatic N) is 6. The number of piperazine rings is 1. The van der Waals surface area contributed by atoms with Crippen molar-refractivity contribution in [1.29, 1.82) is 0 Å². The van der Waals surface area contributed by atoms with E-state index in [1.807, 2.05) is 11.0 Å². The zero-order valence-electron chi connectivity index (χ0n) is 23.6. The van der Waals surface area contributed by atoms with Crippen LogP contribution in [0.15, 0.2) is 35.1 Å². The second-order valence-corrected chi connectivity index (χ2v) is 10.5. The number of amides is 2. The maximum Gasteiger partial charge on any atom is 0.416 e. The Labute approximate surface area is 239 Å². The fraction of sp³-hybridized carbons (Fsp3) is 0.464. The van der Waals surface area contributed by atoms with E-state index in [0.29, 0.717) is 56.2 Å². The molecule has 11 nitrogen and oxygen atoms in total. The van der Waals surface area contributed by atoms with Crippen LogP contribution in [-0.4, -0.2) is 75.3 Å². The van der Waals surface area contributed by atoms with E-state index in [9.17, 15) is 27.6 Å². The van der Waals surface area contributed by atoms with E-state index in [1.165, 1.54) is 23.6 Å². The minimum atomic E-state index is -4.49. The highest BCUT2D eigenvalue weighted by Crippen LogP contribution is 2.30. The molecule has 1 N–H and O–H groups in total. The Morgan fingerprint density at radius 2 is 1.81 bits per heavy atom. The predicted octanol–water partition coefficient (Wildman–Crippen LogP) is 3.11. The van der Waals surface area contributed by atoms with Gasteiger partial charge in [-0.1, -0.05) is 6.08 Å². The number of carbonyl (C=O) groups excluding carboxylic acids is 2. The van der Waals surface area contributed by atoms with Crippen molar-refractivity contribution in [1.82, 2.24) is 24.1 Å². The van der Waals surface area contributed by atoms with Gasteiger partial charge in [-0.3, -0.25) is 14.4 Å². The van der Waals surface area contributed by atoms with Gasteiger partial charge in [0.05, 0.1) is 11.7 Å². The Bertz CT molecular complexity index is 1590. The fourth-order valence-corrected chi connectivity index (χ4v) is 5.40. The van der Waals surface area contributed by atoms with Gasteiger partial charge in [-0.15, -0.1) is 5.10 Å². The molecule has 1 fully saturated rings. The summed E-state index contributed by atoms with van der Waals surface area (Å²) in [5.41, 5.74) is 0.705. The number of rotatable bonds is 6. The van der Waals surface area contributed by atoms with Gasteiger partial charge in [0.1, 0.15) is 12.2 Å². The molecule has 14 heteroatoms. The van der Waals surface area contributed by atoms with Crippen LogP contribution in [-0.2, 0) is 27.0 Å². The first-order valence-corrected chi connectivity index (χ1v) is 13.7. The third-order valence-corrected chi connectivity index (χ3v) is 7.80. The number of halogens is 3. The topological polar surface area (TPSA) is 114 Å². The average molecular weight is 588 g/mol. The van der Waals surface area contributed by atoms with Gasteiger partial charge in [-0.2, -0.15) is 22.7 Å². The molecule has 3 aromatic rings. The first-order chi connectivity index (χ1) is 20.0. The van der Waals surface area contributed by atoms with Crippen LogP contribution in [0.3, 0.4) is 0 Å². The second kappa shape index (κ2) is 11.6. The number of benzene rings is 1. The highest BCUT2D eigenvalue weighted by atomic mass is 19.4. The third kappa shape index (κ3) is 5.89. The van der Waals surface area contributed by atoms with Crippen molar-refractivity contribution >= 4 is 34.5 Å². The molecule has 1 aliphatic carbocycles. The van der Waals surface area contributed by atoms with Gasteiger partial charge in [0.15, 0.2) is 5.82 Å². The Morgan fingerprint density at radius 3 is 2.38 bits per heavy atom. The van der Waals surface area contributed by atoms with Crippen molar-refractivity contribution in [3.8, 4) is 0 Å². The molecule has 2 amide bonds. The highest BCUT2D eigenvalue weighted by Gasteiger charge is 2.30. The predicted molar refractivity (Wildman–Crippen MR) is 149 cm³/mol. The second-order valence-electron chi connectivity index (χ2n) is 10.5. The summed E-state index contributed by atoms with van der Waals surface area (Å²) in [5, 5.41) is 7.17.